The minimum absolute atomic E-state index is 0.162. The van der Waals surface area contributed by atoms with Crippen LogP contribution in [0, 0.1) is 0 Å². The van der Waals surface area contributed by atoms with Crippen molar-refractivity contribution in [2.45, 2.75) is 4.90 Å². The van der Waals surface area contributed by atoms with Crippen LogP contribution in [0.4, 0.5) is 11.4 Å². The average Bonchev–Trinajstić information content (AvgIpc) is 3.10. The molecule has 24 heavy (non-hydrogen) atoms. The first kappa shape index (κ1) is 15.8. The van der Waals surface area contributed by atoms with Crippen molar-refractivity contribution in [2.24, 2.45) is 0 Å². The predicted octanol–water partition coefficient (Wildman–Crippen LogP) is 3.33. The normalized spacial score (nSPS) is 11.0. The topological polar surface area (TPSA) is 88.4 Å². The van der Waals surface area contributed by atoms with Gasteiger partial charge in [0.1, 0.15) is 0 Å². The Morgan fingerprint density at radius 3 is 2.33 bits per heavy atom. The smallest absolute Gasteiger partial charge is 0.291 e. The van der Waals surface area contributed by atoms with Crippen LogP contribution in [0.25, 0.3) is 0 Å². The van der Waals surface area contributed by atoms with E-state index in [1.165, 1.54) is 30.5 Å². The highest BCUT2D eigenvalue weighted by molar-refractivity contribution is 7.92. The van der Waals surface area contributed by atoms with Crippen LogP contribution in [-0.4, -0.2) is 14.3 Å². The van der Waals surface area contributed by atoms with E-state index in [1.54, 1.807) is 42.5 Å². The number of amides is 1. The van der Waals surface area contributed by atoms with E-state index < -0.39 is 15.9 Å². The number of sulfonamides is 1. The Bertz CT molecular complexity index is 936. The lowest BCUT2D eigenvalue weighted by molar-refractivity contribution is 0.0996. The molecule has 0 aliphatic heterocycles. The van der Waals surface area contributed by atoms with Gasteiger partial charge in [-0.1, -0.05) is 24.3 Å². The van der Waals surface area contributed by atoms with E-state index >= 15 is 0 Å². The van der Waals surface area contributed by atoms with Crippen LogP contribution >= 0.6 is 0 Å². The van der Waals surface area contributed by atoms with Gasteiger partial charge in [-0.05, 0) is 42.5 Å². The van der Waals surface area contributed by atoms with E-state index in [2.05, 4.69) is 10.0 Å². The largest absolute Gasteiger partial charge is 0.459 e. The van der Waals surface area contributed by atoms with Crippen LogP contribution < -0.4 is 10.0 Å². The standard InChI is InChI=1S/C17H14N2O4S/c20-17(16-10-5-11-23-16)18-13-6-4-7-14(12-13)19-24(21,22)15-8-2-1-3-9-15/h1-12,19H,(H,18,20). The molecule has 0 bridgehead atoms. The molecule has 0 fully saturated rings. The van der Waals surface area contributed by atoms with Gasteiger partial charge in [0.05, 0.1) is 16.8 Å². The number of carbonyl (C=O) groups is 1. The van der Waals surface area contributed by atoms with Crippen molar-refractivity contribution in [2.75, 3.05) is 10.0 Å². The third kappa shape index (κ3) is 3.64. The van der Waals surface area contributed by atoms with Gasteiger partial charge in [-0.2, -0.15) is 0 Å². The van der Waals surface area contributed by atoms with E-state index in [4.69, 9.17) is 4.42 Å². The minimum atomic E-state index is -3.68. The molecule has 3 aromatic rings. The van der Waals surface area contributed by atoms with Crippen LogP contribution in [0.5, 0.6) is 0 Å². The van der Waals surface area contributed by atoms with Gasteiger partial charge in [-0.25, -0.2) is 8.42 Å². The second-order valence-corrected chi connectivity index (χ2v) is 6.61. The number of hydrogen-bond acceptors (Lipinski definition) is 4. The molecule has 122 valence electrons. The summed E-state index contributed by atoms with van der Waals surface area (Å²) in [7, 11) is -3.68. The molecule has 0 unspecified atom stereocenters. The fraction of sp³-hybridized carbons (Fsp3) is 0. The fourth-order valence-electron chi connectivity index (χ4n) is 2.07. The Kier molecular flexibility index (Phi) is 4.35. The SMILES string of the molecule is O=C(Nc1cccc(NS(=O)(=O)c2ccccc2)c1)c1ccco1. The number of nitrogens with one attached hydrogen (secondary N) is 2. The highest BCUT2D eigenvalue weighted by Gasteiger charge is 2.14. The van der Waals surface area contributed by atoms with Gasteiger partial charge in [-0.3, -0.25) is 9.52 Å². The zero-order valence-electron chi connectivity index (χ0n) is 12.5. The molecule has 2 aromatic carbocycles. The Morgan fingerprint density at radius 2 is 1.62 bits per heavy atom. The maximum absolute atomic E-state index is 12.3. The number of carbonyl (C=O) groups excluding carboxylic acids is 1. The summed E-state index contributed by atoms with van der Waals surface area (Å²) in [5, 5.41) is 2.64. The van der Waals surface area contributed by atoms with E-state index in [1.807, 2.05) is 0 Å². The summed E-state index contributed by atoms with van der Waals surface area (Å²) in [4.78, 5) is 12.1. The summed E-state index contributed by atoms with van der Waals surface area (Å²) in [6, 6.07) is 17.6. The summed E-state index contributed by atoms with van der Waals surface area (Å²) in [6.45, 7) is 0. The summed E-state index contributed by atoms with van der Waals surface area (Å²) >= 11 is 0. The minimum Gasteiger partial charge on any atom is -0.459 e. The zero-order chi connectivity index (χ0) is 17.0. The van der Waals surface area contributed by atoms with E-state index in [0.29, 0.717) is 11.4 Å². The summed E-state index contributed by atoms with van der Waals surface area (Å²) in [6.07, 6.45) is 1.40. The molecule has 0 radical (unpaired) electrons. The number of benzene rings is 2. The highest BCUT2D eigenvalue weighted by atomic mass is 32.2. The Balaban J connectivity index is 1.77. The first-order chi connectivity index (χ1) is 11.5. The van der Waals surface area contributed by atoms with Crippen molar-refractivity contribution in [3.05, 3.63) is 78.8 Å². The van der Waals surface area contributed by atoms with Gasteiger partial charge in [0.2, 0.25) is 0 Å². The maximum Gasteiger partial charge on any atom is 0.291 e. The molecule has 1 aromatic heterocycles. The van der Waals surface area contributed by atoms with Crippen molar-refractivity contribution in [3.63, 3.8) is 0 Å². The van der Waals surface area contributed by atoms with Crippen LogP contribution in [-0.2, 0) is 10.0 Å². The van der Waals surface area contributed by atoms with Crippen molar-refractivity contribution in [1.82, 2.24) is 0 Å². The van der Waals surface area contributed by atoms with Gasteiger partial charge >= 0.3 is 0 Å². The molecule has 1 amide bonds. The summed E-state index contributed by atoms with van der Waals surface area (Å²) in [5.41, 5.74) is 0.792. The molecule has 0 saturated heterocycles. The third-order valence-corrected chi connectivity index (χ3v) is 4.57. The Hall–Kier alpha value is -3.06. The van der Waals surface area contributed by atoms with Gasteiger partial charge in [0.15, 0.2) is 5.76 Å². The molecule has 0 atom stereocenters. The summed E-state index contributed by atoms with van der Waals surface area (Å²) in [5.74, 6) is -0.242. The van der Waals surface area contributed by atoms with Gasteiger partial charge < -0.3 is 9.73 Å². The molecule has 1 heterocycles. The average molecular weight is 342 g/mol. The lowest BCUT2D eigenvalue weighted by atomic mass is 10.3. The lowest BCUT2D eigenvalue weighted by Gasteiger charge is -2.10. The Labute approximate surface area is 139 Å². The number of anilines is 2. The molecule has 0 aliphatic rings. The third-order valence-electron chi connectivity index (χ3n) is 3.17. The quantitative estimate of drug-likeness (QED) is 0.744. The van der Waals surface area contributed by atoms with Crippen molar-refractivity contribution < 1.29 is 17.6 Å². The number of rotatable bonds is 5. The molecule has 2 N–H and O–H groups in total. The second kappa shape index (κ2) is 6.59. The molecular formula is C17H14N2O4S. The van der Waals surface area contributed by atoms with Gasteiger partial charge in [0.25, 0.3) is 15.9 Å². The fourth-order valence-corrected chi connectivity index (χ4v) is 3.15. The molecule has 7 heteroatoms. The van der Waals surface area contributed by atoms with E-state index in [9.17, 15) is 13.2 Å². The molecule has 0 saturated carbocycles. The zero-order valence-corrected chi connectivity index (χ0v) is 13.3. The summed E-state index contributed by atoms with van der Waals surface area (Å²) < 4.78 is 32.1. The van der Waals surface area contributed by atoms with Gasteiger partial charge in [0, 0.05) is 5.69 Å². The molecule has 3 rings (SSSR count). The van der Waals surface area contributed by atoms with Crippen LogP contribution in [0.1, 0.15) is 10.6 Å². The van der Waals surface area contributed by atoms with Gasteiger partial charge in [-0.15, -0.1) is 0 Å². The highest BCUT2D eigenvalue weighted by Crippen LogP contribution is 2.20. The number of hydrogen-bond donors (Lipinski definition) is 2. The first-order valence-corrected chi connectivity index (χ1v) is 8.56. The van der Waals surface area contributed by atoms with Crippen molar-refractivity contribution in [3.8, 4) is 0 Å². The van der Waals surface area contributed by atoms with Crippen LogP contribution in [0.15, 0.2) is 82.3 Å². The Morgan fingerprint density at radius 1 is 0.875 bits per heavy atom. The van der Waals surface area contributed by atoms with Crippen LogP contribution in [0.3, 0.4) is 0 Å². The first-order valence-electron chi connectivity index (χ1n) is 7.07. The predicted molar refractivity (Wildman–Crippen MR) is 90.4 cm³/mol. The van der Waals surface area contributed by atoms with E-state index in [-0.39, 0.29) is 10.7 Å². The molecule has 0 aliphatic carbocycles. The molecule has 0 spiro atoms. The maximum atomic E-state index is 12.3. The monoisotopic (exact) mass is 342 g/mol. The van der Waals surface area contributed by atoms with E-state index in [0.717, 1.165) is 0 Å². The van der Waals surface area contributed by atoms with Crippen LogP contribution in [0.2, 0.25) is 0 Å². The second-order valence-electron chi connectivity index (χ2n) is 4.93. The lowest BCUT2D eigenvalue weighted by Crippen LogP contribution is -2.14. The molecule has 6 nitrogen and oxygen atoms in total. The van der Waals surface area contributed by atoms with Crippen molar-refractivity contribution in [1.29, 1.82) is 0 Å². The molecular weight excluding hydrogens is 328 g/mol. The number of furan rings is 1. The van der Waals surface area contributed by atoms with Crippen molar-refractivity contribution >= 4 is 27.3 Å².